The van der Waals surface area contributed by atoms with E-state index in [1.54, 1.807) is 30.5 Å². The molecule has 0 unspecified atom stereocenters. The van der Waals surface area contributed by atoms with Gasteiger partial charge in [0.05, 0.1) is 5.69 Å². The number of nitrogens with two attached hydrogens (primary N) is 1. The quantitative estimate of drug-likeness (QED) is 0.350. The van der Waals surface area contributed by atoms with Crippen LogP contribution in [0.2, 0.25) is 0 Å². The van der Waals surface area contributed by atoms with Gasteiger partial charge in [0.25, 0.3) is 0 Å². The van der Waals surface area contributed by atoms with Gasteiger partial charge in [-0.25, -0.2) is 0 Å². The van der Waals surface area contributed by atoms with Crippen LogP contribution in [0.25, 0.3) is 0 Å². The molecule has 0 heterocycles. The van der Waals surface area contributed by atoms with Gasteiger partial charge >= 0.3 is 0 Å². The summed E-state index contributed by atoms with van der Waals surface area (Å²) in [6.07, 6.45) is 1.61. The number of aromatic hydroxyl groups is 1. The first-order valence-electron chi connectivity index (χ1n) is 5.13. The third-order valence-corrected chi connectivity index (χ3v) is 2.32. The second kappa shape index (κ2) is 4.74. The van der Waals surface area contributed by atoms with Gasteiger partial charge in [0, 0.05) is 17.5 Å². The Bertz CT molecular complexity index is 550. The van der Waals surface area contributed by atoms with Gasteiger partial charge in [-0.2, -0.15) is 0 Å². The van der Waals surface area contributed by atoms with Crippen LogP contribution in [0.4, 0.5) is 11.4 Å². The summed E-state index contributed by atoms with van der Waals surface area (Å²) >= 11 is 0. The van der Waals surface area contributed by atoms with E-state index in [0.29, 0.717) is 16.7 Å². The number of aliphatic imine (C=N–C) groups is 1. The highest BCUT2D eigenvalue weighted by molar-refractivity contribution is 6.32. The first-order valence-corrected chi connectivity index (χ1v) is 5.13. The van der Waals surface area contributed by atoms with Gasteiger partial charge in [-0.15, -0.1) is 0 Å². The maximum atomic E-state index is 9.34. The van der Waals surface area contributed by atoms with Crippen LogP contribution in [0.3, 0.4) is 0 Å². The van der Waals surface area contributed by atoms with Crippen LogP contribution in [0.1, 0.15) is 5.56 Å². The van der Waals surface area contributed by atoms with Crippen molar-refractivity contribution < 1.29 is 5.11 Å². The molecule has 0 aromatic heterocycles. The van der Waals surface area contributed by atoms with Crippen LogP contribution in [0, 0.1) is 0 Å². The van der Waals surface area contributed by atoms with E-state index in [1.165, 1.54) is 6.07 Å². The fourth-order valence-electron chi connectivity index (χ4n) is 1.38. The molecule has 0 spiro atoms. The Hall–Kier alpha value is -2.23. The average molecular weight is 222 g/mol. The second-order valence-corrected chi connectivity index (χ2v) is 3.66. The summed E-state index contributed by atoms with van der Waals surface area (Å²) in [5.74, 6) is 0.165. The van der Waals surface area contributed by atoms with Crippen LogP contribution in [0.15, 0.2) is 47.5 Å². The molecule has 0 aliphatic rings. The topological polar surface area (TPSA) is 58.6 Å². The Kier molecular flexibility index (Phi) is 3.14. The third-order valence-electron chi connectivity index (χ3n) is 2.32. The largest absolute Gasteiger partial charge is 0.508 e. The highest BCUT2D eigenvalue weighted by atomic mass is 16.3. The second-order valence-electron chi connectivity index (χ2n) is 3.66. The Morgan fingerprint density at radius 1 is 1.12 bits per heavy atom. The molecule has 3 N–H and O–H groups in total. The zero-order chi connectivity index (χ0) is 12.3. The summed E-state index contributed by atoms with van der Waals surface area (Å²) in [5, 5.41) is 9.34. The molecule has 2 aromatic carbocycles. The minimum absolute atomic E-state index is 0.165. The molecule has 4 heteroatoms. The zero-order valence-corrected chi connectivity index (χ0v) is 9.17. The van der Waals surface area contributed by atoms with Crippen molar-refractivity contribution in [3.05, 3.63) is 48.0 Å². The lowest BCUT2D eigenvalue weighted by Gasteiger charge is -2.00. The highest BCUT2D eigenvalue weighted by Gasteiger charge is 1.97. The number of benzene rings is 2. The molecule has 82 valence electrons. The van der Waals surface area contributed by atoms with Crippen LogP contribution in [0.5, 0.6) is 5.75 Å². The predicted molar refractivity (Wildman–Crippen MR) is 71.6 cm³/mol. The molecule has 0 bridgehead atoms. The van der Waals surface area contributed by atoms with Crippen molar-refractivity contribution >= 4 is 30.9 Å². The molecule has 0 saturated carbocycles. The van der Waals surface area contributed by atoms with Gasteiger partial charge in [0.15, 0.2) is 0 Å². The van der Waals surface area contributed by atoms with Crippen molar-refractivity contribution in [1.29, 1.82) is 0 Å². The van der Waals surface area contributed by atoms with E-state index in [9.17, 15) is 5.11 Å². The van der Waals surface area contributed by atoms with Crippen LogP contribution in [-0.4, -0.2) is 19.2 Å². The lowest BCUT2D eigenvalue weighted by Crippen LogP contribution is -1.98. The normalized spacial score (nSPS) is 10.8. The van der Waals surface area contributed by atoms with Crippen molar-refractivity contribution in [1.82, 2.24) is 0 Å². The molecule has 3 nitrogen and oxygen atoms in total. The van der Waals surface area contributed by atoms with Gasteiger partial charge in [0.1, 0.15) is 13.6 Å². The number of nitrogen functional groups attached to an aromatic ring is 1. The fraction of sp³-hybridized carbons (Fsp3) is 0. The highest BCUT2D eigenvalue weighted by Crippen LogP contribution is 2.17. The van der Waals surface area contributed by atoms with E-state index in [0.717, 1.165) is 5.69 Å². The standard InChI is InChI=1S/C13H11BN2O/c14-10-1-3-11(4-2-10)16-8-9-7-12(17)5-6-13(9)15/h1-8,17H,15H2. The molecule has 17 heavy (non-hydrogen) atoms. The van der Waals surface area contributed by atoms with E-state index in [1.807, 2.05) is 12.1 Å². The molecular weight excluding hydrogens is 211 g/mol. The maximum absolute atomic E-state index is 9.34. The smallest absolute Gasteiger partial charge is 0.116 e. The average Bonchev–Trinajstić information content (AvgIpc) is 2.32. The van der Waals surface area contributed by atoms with Gasteiger partial charge in [-0.3, -0.25) is 4.99 Å². The summed E-state index contributed by atoms with van der Waals surface area (Å²) in [7, 11) is 5.57. The number of hydrogen-bond donors (Lipinski definition) is 2. The van der Waals surface area contributed by atoms with Crippen molar-refractivity contribution in [2.75, 3.05) is 5.73 Å². The SMILES string of the molecule is [B]c1ccc(N=Cc2cc(O)ccc2N)cc1. The number of rotatable bonds is 2. The molecule has 0 fully saturated rings. The monoisotopic (exact) mass is 222 g/mol. The summed E-state index contributed by atoms with van der Waals surface area (Å²) in [6, 6.07) is 11.9. The van der Waals surface area contributed by atoms with Gasteiger partial charge < -0.3 is 10.8 Å². The Balaban J connectivity index is 2.25. The summed E-state index contributed by atoms with van der Waals surface area (Å²) in [5.41, 5.74) is 8.48. The van der Waals surface area contributed by atoms with Crippen molar-refractivity contribution in [3.8, 4) is 5.75 Å². The van der Waals surface area contributed by atoms with Crippen molar-refractivity contribution in [3.63, 3.8) is 0 Å². The summed E-state index contributed by atoms with van der Waals surface area (Å²) < 4.78 is 0. The first kappa shape index (κ1) is 11.3. The molecule has 2 rings (SSSR count). The Morgan fingerprint density at radius 2 is 1.82 bits per heavy atom. The number of nitrogens with zero attached hydrogens (tertiary/aromatic N) is 1. The Morgan fingerprint density at radius 3 is 2.53 bits per heavy atom. The van der Waals surface area contributed by atoms with Crippen LogP contribution < -0.4 is 11.2 Å². The van der Waals surface area contributed by atoms with Crippen molar-refractivity contribution in [2.45, 2.75) is 0 Å². The molecule has 0 saturated heterocycles. The van der Waals surface area contributed by atoms with Gasteiger partial charge in [-0.1, -0.05) is 17.6 Å². The molecular formula is C13H11BN2O. The van der Waals surface area contributed by atoms with E-state index >= 15 is 0 Å². The molecule has 0 amide bonds. The maximum Gasteiger partial charge on any atom is 0.116 e. The van der Waals surface area contributed by atoms with E-state index in [4.69, 9.17) is 13.6 Å². The fourth-order valence-corrected chi connectivity index (χ4v) is 1.38. The number of anilines is 1. The van der Waals surface area contributed by atoms with E-state index in [2.05, 4.69) is 4.99 Å². The number of phenolic OH excluding ortho intramolecular Hbond substituents is 1. The number of hydrogen-bond acceptors (Lipinski definition) is 3. The van der Waals surface area contributed by atoms with Crippen molar-refractivity contribution in [2.24, 2.45) is 4.99 Å². The van der Waals surface area contributed by atoms with E-state index in [-0.39, 0.29) is 5.75 Å². The first-order chi connectivity index (χ1) is 8.15. The molecule has 2 aromatic rings. The summed E-state index contributed by atoms with van der Waals surface area (Å²) in [6.45, 7) is 0. The van der Waals surface area contributed by atoms with Gasteiger partial charge in [-0.05, 0) is 30.3 Å². The predicted octanol–water partition coefficient (Wildman–Crippen LogP) is 1.52. The van der Waals surface area contributed by atoms with Gasteiger partial charge in [0.2, 0.25) is 0 Å². The third kappa shape index (κ3) is 2.87. The minimum Gasteiger partial charge on any atom is -0.508 e. The van der Waals surface area contributed by atoms with Crippen LogP contribution in [-0.2, 0) is 0 Å². The summed E-state index contributed by atoms with van der Waals surface area (Å²) in [4.78, 5) is 4.25. The number of phenols is 1. The Labute approximate surface area is 101 Å². The van der Waals surface area contributed by atoms with Crippen LogP contribution >= 0.6 is 0 Å². The lowest BCUT2D eigenvalue weighted by atomic mass is 9.96. The molecule has 0 atom stereocenters. The molecule has 0 aliphatic carbocycles. The van der Waals surface area contributed by atoms with E-state index < -0.39 is 0 Å². The zero-order valence-electron chi connectivity index (χ0n) is 9.17. The molecule has 2 radical (unpaired) electrons. The minimum atomic E-state index is 0.165. The molecule has 0 aliphatic heterocycles. The lowest BCUT2D eigenvalue weighted by molar-refractivity contribution is 0.475.